The van der Waals surface area contributed by atoms with E-state index in [-0.39, 0.29) is 6.61 Å². The Balaban J connectivity index is 1.68. The highest BCUT2D eigenvalue weighted by atomic mass is 35.5. The molecule has 0 amide bonds. The van der Waals surface area contributed by atoms with Crippen molar-refractivity contribution in [1.29, 1.82) is 0 Å². The average molecular weight is 296 g/mol. The van der Waals surface area contributed by atoms with Crippen LogP contribution in [0.2, 0.25) is 5.02 Å². The van der Waals surface area contributed by atoms with Crippen LogP contribution in [0.1, 0.15) is 11.5 Å². The molecular weight excluding hydrogens is 278 g/mol. The van der Waals surface area contributed by atoms with E-state index in [4.69, 9.17) is 20.8 Å². The molecule has 1 atom stereocenters. The third kappa shape index (κ3) is 4.56. The van der Waals surface area contributed by atoms with Gasteiger partial charge >= 0.3 is 0 Å². The predicted octanol–water partition coefficient (Wildman–Crippen LogP) is 2.77. The fraction of sp³-hybridized carbons (Fsp3) is 0.333. The fourth-order valence-electron chi connectivity index (χ4n) is 1.75. The molecule has 0 bridgehead atoms. The first kappa shape index (κ1) is 14.9. The number of furan rings is 1. The van der Waals surface area contributed by atoms with Crippen LogP contribution in [0.5, 0.6) is 5.75 Å². The van der Waals surface area contributed by atoms with Gasteiger partial charge in [-0.3, -0.25) is 0 Å². The minimum atomic E-state index is -0.609. The van der Waals surface area contributed by atoms with Crippen LogP contribution in [-0.2, 0) is 6.54 Å². The van der Waals surface area contributed by atoms with E-state index in [0.29, 0.717) is 23.9 Å². The van der Waals surface area contributed by atoms with Gasteiger partial charge in [0.25, 0.3) is 0 Å². The maximum absolute atomic E-state index is 9.82. The third-order valence-electron chi connectivity index (χ3n) is 2.74. The monoisotopic (exact) mass is 295 g/mol. The standard InChI is InChI=1S/C15H18ClNO3/c1-11-6-7-13(20-11)9-17-8-12(18)10-19-15-5-3-2-4-14(15)16/h2-7,12,17-18H,8-10H2,1H3. The van der Waals surface area contributed by atoms with Gasteiger partial charge in [0.2, 0.25) is 0 Å². The maximum atomic E-state index is 9.82. The van der Waals surface area contributed by atoms with Gasteiger partial charge in [0.05, 0.1) is 11.6 Å². The number of aryl methyl sites for hydroxylation is 1. The minimum absolute atomic E-state index is 0.188. The Bertz CT molecular complexity index is 541. The van der Waals surface area contributed by atoms with Crippen LogP contribution in [0.4, 0.5) is 0 Å². The van der Waals surface area contributed by atoms with Crippen LogP contribution in [-0.4, -0.2) is 24.4 Å². The van der Waals surface area contributed by atoms with Gasteiger partial charge in [-0.2, -0.15) is 0 Å². The molecule has 5 heteroatoms. The van der Waals surface area contributed by atoms with Gasteiger partial charge in [-0.25, -0.2) is 0 Å². The van der Waals surface area contributed by atoms with E-state index in [1.165, 1.54) is 0 Å². The smallest absolute Gasteiger partial charge is 0.138 e. The van der Waals surface area contributed by atoms with E-state index >= 15 is 0 Å². The van der Waals surface area contributed by atoms with Gasteiger partial charge in [-0.15, -0.1) is 0 Å². The molecule has 2 rings (SSSR count). The Labute approximate surface area is 123 Å². The molecule has 20 heavy (non-hydrogen) atoms. The topological polar surface area (TPSA) is 54.6 Å². The molecule has 2 N–H and O–H groups in total. The molecule has 2 aromatic rings. The summed E-state index contributed by atoms with van der Waals surface area (Å²) < 4.78 is 10.9. The van der Waals surface area contributed by atoms with Gasteiger partial charge in [-0.05, 0) is 31.2 Å². The van der Waals surface area contributed by atoms with Gasteiger partial charge in [-0.1, -0.05) is 23.7 Å². The van der Waals surface area contributed by atoms with Crippen LogP contribution in [0, 0.1) is 6.92 Å². The Morgan fingerprint density at radius 1 is 1.30 bits per heavy atom. The van der Waals surface area contributed by atoms with E-state index in [1.54, 1.807) is 12.1 Å². The molecular formula is C15H18ClNO3. The number of aliphatic hydroxyl groups excluding tert-OH is 1. The molecule has 0 saturated heterocycles. The predicted molar refractivity (Wildman–Crippen MR) is 78.1 cm³/mol. The van der Waals surface area contributed by atoms with E-state index in [0.717, 1.165) is 11.5 Å². The molecule has 0 aliphatic carbocycles. The van der Waals surface area contributed by atoms with Crippen LogP contribution >= 0.6 is 11.6 Å². The molecule has 0 saturated carbocycles. The molecule has 0 aliphatic rings. The van der Waals surface area contributed by atoms with Crippen LogP contribution < -0.4 is 10.1 Å². The highest BCUT2D eigenvalue weighted by molar-refractivity contribution is 6.32. The Kier molecular flexibility index (Phi) is 5.47. The lowest BCUT2D eigenvalue weighted by atomic mass is 10.3. The summed E-state index contributed by atoms with van der Waals surface area (Å²) in [4.78, 5) is 0. The van der Waals surface area contributed by atoms with E-state index in [2.05, 4.69) is 5.32 Å². The van der Waals surface area contributed by atoms with Gasteiger partial charge in [0.1, 0.15) is 30.0 Å². The lowest BCUT2D eigenvalue weighted by molar-refractivity contribution is 0.106. The fourth-order valence-corrected chi connectivity index (χ4v) is 1.94. The van der Waals surface area contributed by atoms with Crippen molar-refractivity contribution in [3.05, 3.63) is 52.9 Å². The summed E-state index contributed by atoms with van der Waals surface area (Å²) in [5.74, 6) is 2.31. The minimum Gasteiger partial charge on any atom is -0.489 e. The number of halogens is 1. The second kappa shape index (κ2) is 7.33. The zero-order valence-electron chi connectivity index (χ0n) is 11.3. The van der Waals surface area contributed by atoms with Crippen molar-refractivity contribution < 1.29 is 14.3 Å². The zero-order chi connectivity index (χ0) is 14.4. The van der Waals surface area contributed by atoms with Gasteiger partial charge in [0.15, 0.2) is 0 Å². The van der Waals surface area contributed by atoms with Gasteiger partial charge in [0, 0.05) is 6.54 Å². The summed E-state index contributed by atoms with van der Waals surface area (Å²) in [7, 11) is 0. The lowest BCUT2D eigenvalue weighted by Crippen LogP contribution is -2.31. The first-order chi connectivity index (χ1) is 9.65. The Morgan fingerprint density at radius 3 is 2.80 bits per heavy atom. The largest absolute Gasteiger partial charge is 0.489 e. The van der Waals surface area contributed by atoms with E-state index in [9.17, 15) is 5.11 Å². The molecule has 0 aliphatic heterocycles. The molecule has 0 spiro atoms. The van der Waals surface area contributed by atoms with E-state index < -0.39 is 6.10 Å². The maximum Gasteiger partial charge on any atom is 0.138 e. The normalized spacial score (nSPS) is 12.3. The molecule has 1 aromatic carbocycles. The summed E-state index contributed by atoms with van der Waals surface area (Å²) >= 11 is 5.96. The van der Waals surface area contributed by atoms with Crippen molar-refractivity contribution in [3.8, 4) is 5.75 Å². The Hall–Kier alpha value is -1.49. The van der Waals surface area contributed by atoms with Crippen LogP contribution in [0.15, 0.2) is 40.8 Å². The van der Waals surface area contributed by atoms with Crippen molar-refractivity contribution in [3.63, 3.8) is 0 Å². The van der Waals surface area contributed by atoms with Crippen molar-refractivity contribution in [2.24, 2.45) is 0 Å². The number of benzene rings is 1. The summed E-state index contributed by atoms with van der Waals surface area (Å²) in [6.45, 7) is 3.09. The van der Waals surface area contributed by atoms with E-state index in [1.807, 2.05) is 31.2 Å². The quantitative estimate of drug-likeness (QED) is 0.825. The van der Waals surface area contributed by atoms with Crippen molar-refractivity contribution in [1.82, 2.24) is 5.32 Å². The number of rotatable bonds is 7. The number of hydrogen-bond donors (Lipinski definition) is 2. The molecule has 0 fully saturated rings. The highest BCUT2D eigenvalue weighted by Gasteiger charge is 2.07. The first-order valence-electron chi connectivity index (χ1n) is 6.46. The molecule has 0 radical (unpaired) electrons. The highest BCUT2D eigenvalue weighted by Crippen LogP contribution is 2.23. The number of nitrogens with one attached hydrogen (secondary N) is 1. The number of para-hydroxylation sites is 1. The number of ether oxygens (including phenoxy) is 1. The third-order valence-corrected chi connectivity index (χ3v) is 3.06. The average Bonchev–Trinajstić information content (AvgIpc) is 2.83. The molecule has 1 unspecified atom stereocenters. The second-order valence-electron chi connectivity index (χ2n) is 4.54. The Morgan fingerprint density at radius 2 is 2.10 bits per heavy atom. The lowest BCUT2D eigenvalue weighted by Gasteiger charge is -2.13. The van der Waals surface area contributed by atoms with Crippen LogP contribution in [0.3, 0.4) is 0 Å². The van der Waals surface area contributed by atoms with Crippen molar-refractivity contribution >= 4 is 11.6 Å². The second-order valence-corrected chi connectivity index (χ2v) is 4.95. The zero-order valence-corrected chi connectivity index (χ0v) is 12.1. The summed E-state index contributed by atoms with van der Waals surface area (Å²) in [6, 6.07) is 11.0. The number of aliphatic hydroxyl groups is 1. The van der Waals surface area contributed by atoms with Crippen LogP contribution in [0.25, 0.3) is 0 Å². The summed E-state index contributed by atoms with van der Waals surface area (Å²) in [5.41, 5.74) is 0. The van der Waals surface area contributed by atoms with Crippen molar-refractivity contribution in [2.45, 2.75) is 19.6 Å². The summed E-state index contributed by atoms with van der Waals surface area (Å²) in [6.07, 6.45) is -0.609. The SMILES string of the molecule is Cc1ccc(CNCC(O)COc2ccccc2Cl)o1. The molecule has 1 heterocycles. The van der Waals surface area contributed by atoms with Crippen molar-refractivity contribution in [2.75, 3.05) is 13.2 Å². The van der Waals surface area contributed by atoms with Gasteiger partial charge < -0.3 is 19.6 Å². The summed E-state index contributed by atoms with van der Waals surface area (Å²) in [5, 5.41) is 13.5. The molecule has 1 aromatic heterocycles. The first-order valence-corrected chi connectivity index (χ1v) is 6.84. The number of hydrogen-bond acceptors (Lipinski definition) is 4. The molecule has 108 valence electrons. The molecule has 4 nitrogen and oxygen atoms in total.